The quantitative estimate of drug-likeness (QED) is 0.775. The summed E-state index contributed by atoms with van der Waals surface area (Å²) >= 11 is 0. The highest BCUT2D eigenvalue weighted by atomic mass is 16.5. The Labute approximate surface area is 86.5 Å². The van der Waals surface area contributed by atoms with Crippen LogP contribution in [0.5, 0.6) is 0 Å². The Morgan fingerprint density at radius 3 is 3.07 bits per heavy atom. The fraction of sp³-hybridized carbons (Fsp3) is 0.222. The van der Waals surface area contributed by atoms with Crippen LogP contribution in [0.4, 0.5) is 11.4 Å². The molecule has 0 fully saturated rings. The summed E-state index contributed by atoms with van der Waals surface area (Å²) in [6, 6.07) is 1.79. The Morgan fingerprint density at radius 2 is 2.40 bits per heavy atom. The van der Waals surface area contributed by atoms with E-state index in [1.165, 1.54) is 0 Å². The van der Waals surface area contributed by atoms with E-state index in [0.29, 0.717) is 23.9 Å². The van der Waals surface area contributed by atoms with Crippen molar-refractivity contribution in [2.45, 2.75) is 13.5 Å². The first kappa shape index (κ1) is 9.45. The van der Waals surface area contributed by atoms with Crippen LogP contribution in [0.1, 0.15) is 11.7 Å². The predicted molar refractivity (Wildman–Crippen MR) is 55.0 cm³/mol. The summed E-state index contributed by atoms with van der Waals surface area (Å²) < 4.78 is 4.84. The molecule has 2 heterocycles. The Morgan fingerprint density at radius 1 is 1.53 bits per heavy atom. The zero-order valence-electron chi connectivity index (χ0n) is 8.27. The lowest BCUT2D eigenvalue weighted by Gasteiger charge is -2.05. The SMILES string of the molecule is Cc1nc(CNc2ccncc2N)no1. The number of nitrogens with one attached hydrogen (secondary N) is 1. The highest BCUT2D eigenvalue weighted by Crippen LogP contribution is 2.15. The molecule has 6 heteroatoms. The van der Waals surface area contributed by atoms with Crippen molar-refractivity contribution in [1.82, 2.24) is 15.1 Å². The molecule has 0 aromatic carbocycles. The van der Waals surface area contributed by atoms with Crippen molar-refractivity contribution in [1.29, 1.82) is 0 Å². The third kappa shape index (κ3) is 2.22. The van der Waals surface area contributed by atoms with E-state index < -0.39 is 0 Å². The van der Waals surface area contributed by atoms with Gasteiger partial charge in [-0.3, -0.25) is 4.98 Å². The van der Waals surface area contributed by atoms with Gasteiger partial charge in [0.15, 0.2) is 5.82 Å². The molecule has 2 aromatic rings. The largest absolute Gasteiger partial charge is 0.396 e. The van der Waals surface area contributed by atoms with E-state index in [9.17, 15) is 0 Å². The molecular formula is C9H11N5O. The smallest absolute Gasteiger partial charge is 0.223 e. The number of hydrogen-bond donors (Lipinski definition) is 2. The lowest BCUT2D eigenvalue weighted by Crippen LogP contribution is -2.04. The zero-order chi connectivity index (χ0) is 10.7. The number of pyridine rings is 1. The molecule has 0 unspecified atom stereocenters. The number of nitrogens with two attached hydrogens (primary N) is 1. The highest BCUT2D eigenvalue weighted by Gasteiger charge is 2.02. The summed E-state index contributed by atoms with van der Waals surface area (Å²) in [5, 5.41) is 6.85. The molecule has 0 aliphatic rings. The average molecular weight is 205 g/mol. The minimum absolute atomic E-state index is 0.478. The first-order chi connectivity index (χ1) is 7.25. The molecular weight excluding hydrogens is 194 g/mol. The van der Waals surface area contributed by atoms with Gasteiger partial charge in [-0.2, -0.15) is 4.98 Å². The fourth-order valence-electron chi connectivity index (χ4n) is 1.16. The molecule has 0 amide bonds. The van der Waals surface area contributed by atoms with Crippen LogP contribution in [-0.4, -0.2) is 15.1 Å². The van der Waals surface area contributed by atoms with E-state index in [1.807, 2.05) is 0 Å². The third-order valence-corrected chi connectivity index (χ3v) is 1.86. The van der Waals surface area contributed by atoms with Crippen LogP contribution in [0.25, 0.3) is 0 Å². The molecule has 2 rings (SSSR count). The second kappa shape index (κ2) is 3.95. The van der Waals surface area contributed by atoms with E-state index in [0.717, 1.165) is 5.69 Å². The summed E-state index contributed by atoms with van der Waals surface area (Å²) in [4.78, 5) is 7.95. The number of aryl methyl sites for hydroxylation is 1. The summed E-state index contributed by atoms with van der Waals surface area (Å²) in [6.07, 6.45) is 3.25. The molecule has 0 radical (unpaired) electrons. The number of hydrogen-bond acceptors (Lipinski definition) is 6. The summed E-state index contributed by atoms with van der Waals surface area (Å²) in [6.45, 7) is 2.23. The molecule has 0 atom stereocenters. The van der Waals surface area contributed by atoms with Crippen molar-refractivity contribution in [2.75, 3.05) is 11.1 Å². The average Bonchev–Trinajstić information content (AvgIpc) is 2.63. The molecule has 2 aromatic heterocycles. The summed E-state index contributed by atoms with van der Waals surface area (Å²) in [5.74, 6) is 1.15. The van der Waals surface area contributed by atoms with Gasteiger partial charge < -0.3 is 15.6 Å². The van der Waals surface area contributed by atoms with E-state index in [4.69, 9.17) is 10.3 Å². The van der Waals surface area contributed by atoms with Crippen molar-refractivity contribution in [3.8, 4) is 0 Å². The van der Waals surface area contributed by atoms with E-state index in [-0.39, 0.29) is 0 Å². The Kier molecular flexibility index (Phi) is 2.49. The zero-order valence-corrected chi connectivity index (χ0v) is 8.27. The van der Waals surface area contributed by atoms with Gasteiger partial charge in [-0.1, -0.05) is 5.16 Å². The van der Waals surface area contributed by atoms with Gasteiger partial charge in [0.2, 0.25) is 5.89 Å². The molecule has 0 bridgehead atoms. The first-order valence-corrected chi connectivity index (χ1v) is 4.48. The fourth-order valence-corrected chi connectivity index (χ4v) is 1.16. The number of aromatic nitrogens is 3. The topological polar surface area (TPSA) is 89.9 Å². The normalized spacial score (nSPS) is 10.2. The molecule has 15 heavy (non-hydrogen) atoms. The van der Waals surface area contributed by atoms with Crippen LogP contribution in [0, 0.1) is 6.92 Å². The van der Waals surface area contributed by atoms with Crippen molar-refractivity contribution in [2.24, 2.45) is 0 Å². The number of nitrogen functional groups attached to an aromatic ring is 1. The Bertz CT molecular complexity index is 453. The van der Waals surface area contributed by atoms with Gasteiger partial charge >= 0.3 is 0 Å². The van der Waals surface area contributed by atoms with Crippen LogP contribution in [0.15, 0.2) is 23.0 Å². The van der Waals surface area contributed by atoms with E-state index in [1.54, 1.807) is 25.4 Å². The minimum Gasteiger partial charge on any atom is -0.396 e. The number of anilines is 2. The van der Waals surface area contributed by atoms with Gasteiger partial charge in [0.1, 0.15) is 0 Å². The lowest BCUT2D eigenvalue weighted by molar-refractivity contribution is 0.388. The molecule has 0 saturated carbocycles. The second-order valence-electron chi connectivity index (χ2n) is 3.05. The van der Waals surface area contributed by atoms with Crippen LogP contribution in [0.3, 0.4) is 0 Å². The van der Waals surface area contributed by atoms with Crippen LogP contribution in [0.2, 0.25) is 0 Å². The molecule has 0 aliphatic carbocycles. The van der Waals surface area contributed by atoms with E-state index >= 15 is 0 Å². The van der Waals surface area contributed by atoms with Crippen molar-refractivity contribution >= 4 is 11.4 Å². The van der Waals surface area contributed by atoms with Gasteiger partial charge in [-0.05, 0) is 6.07 Å². The van der Waals surface area contributed by atoms with Gasteiger partial charge in [-0.25, -0.2) is 0 Å². The highest BCUT2D eigenvalue weighted by molar-refractivity contribution is 5.63. The van der Waals surface area contributed by atoms with Crippen LogP contribution in [-0.2, 0) is 6.54 Å². The third-order valence-electron chi connectivity index (χ3n) is 1.86. The summed E-state index contributed by atoms with van der Waals surface area (Å²) in [5.41, 5.74) is 7.11. The molecule has 3 N–H and O–H groups in total. The minimum atomic E-state index is 0.478. The van der Waals surface area contributed by atoms with Crippen molar-refractivity contribution < 1.29 is 4.52 Å². The Balaban J connectivity index is 2.02. The first-order valence-electron chi connectivity index (χ1n) is 4.48. The van der Waals surface area contributed by atoms with Crippen LogP contribution < -0.4 is 11.1 Å². The lowest BCUT2D eigenvalue weighted by atomic mass is 10.3. The van der Waals surface area contributed by atoms with Crippen molar-refractivity contribution in [3.05, 3.63) is 30.2 Å². The molecule has 6 nitrogen and oxygen atoms in total. The maximum atomic E-state index is 5.70. The maximum Gasteiger partial charge on any atom is 0.223 e. The van der Waals surface area contributed by atoms with Gasteiger partial charge in [0, 0.05) is 13.1 Å². The Hall–Kier alpha value is -2.11. The van der Waals surface area contributed by atoms with Crippen molar-refractivity contribution in [3.63, 3.8) is 0 Å². The molecule has 78 valence electrons. The number of rotatable bonds is 3. The monoisotopic (exact) mass is 205 g/mol. The van der Waals surface area contributed by atoms with Gasteiger partial charge in [0.05, 0.1) is 24.1 Å². The van der Waals surface area contributed by atoms with Gasteiger partial charge in [0.25, 0.3) is 0 Å². The van der Waals surface area contributed by atoms with Gasteiger partial charge in [-0.15, -0.1) is 0 Å². The summed E-state index contributed by atoms with van der Waals surface area (Å²) in [7, 11) is 0. The van der Waals surface area contributed by atoms with E-state index in [2.05, 4.69) is 20.4 Å². The van der Waals surface area contributed by atoms with Crippen LogP contribution >= 0.6 is 0 Å². The number of nitrogens with zero attached hydrogens (tertiary/aromatic N) is 3. The molecule has 0 saturated heterocycles. The molecule has 0 spiro atoms. The maximum absolute atomic E-state index is 5.70. The molecule has 0 aliphatic heterocycles. The standard InChI is InChI=1S/C9H11N5O/c1-6-13-9(14-15-6)5-12-8-2-3-11-4-7(8)10/h2-4H,5,10H2,1H3,(H,11,12). The predicted octanol–water partition coefficient (Wildman–Crippen LogP) is 0.967. The second-order valence-corrected chi connectivity index (χ2v) is 3.05.